The standard InChI is InChI=1S/C36H51N5O5/c1-24-19-36(2,3)15-8-13-31(24)38-34(43)33-30(20-37-45)32(23-42)46-41(33)21-25-9-6-10-26(17-25)27-11-7-12-28(18-27)35(44)40-16-14-29(22-40)39(4)5/h6-7,9-12,17-18,24,29-33,42H,8,13-16,19-23H2,1-5H3,(H,38,43)/t24?,29?,30?,31-,32?,33?/m0/s1. The number of rotatable bonds is 10. The van der Waals surface area contributed by atoms with Crippen molar-refractivity contribution in [3.8, 4) is 11.1 Å². The van der Waals surface area contributed by atoms with Crippen LogP contribution in [0.25, 0.3) is 11.1 Å². The largest absolute Gasteiger partial charge is 0.394 e. The summed E-state index contributed by atoms with van der Waals surface area (Å²) in [6.07, 6.45) is 4.35. The van der Waals surface area contributed by atoms with E-state index in [0.717, 1.165) is 61.9 Å². The highest BCUT2D eigenvalue weighted by molar-refractivity contribution is 5.95. The molecule has 2 heterocycles. The third kappa shape index (κ3) is 7.85. The van der Waals surface area contributed by atoms with Gasteiger partial charge in [-0.3, -0.25) is 14.4 Å². The average molecular weight is 634 g/mol. The fraction of sp³-hybridized carbons (Fsp3) is 0.611. The maximum Gasteiger partial charge on any atom is 0.253 e. The fourth-order valence-electron chi connectivity index (χ4n) is 7.74. The molecule has 0 aromatic heterocycles. The van der Waals surface area contributed by atoms with Gasteiger partial charge in [0.25, 0.3) is 5.91 Å². The van der Waals surface area contributed by atoms with Gasteiger partial charge in [0.05, 0.1) is 19.7 Å². The number of amides is 2. The number of nitrogens with zero attached hydrogens (tertiary/aromatic N) is 4. The van der Waals surface area contributed by atoms with Crippen LogP contribution in [0.3, 0.4) is 0 Å². The van der Waals surface area contributed by atoms with Gasteiger partial charge in [0.2, 0.25) is 5.91 Å². The third-order valence-corrected chi connectivity index (χ3v) is 10.3. The molecule has 1 saturated carbocycles. The van der Waals surface area contributed by atoms with Gasteiger partial charge < -0.3 is 20.2 Å². The molecule has 3 fully saturated rings. The second-order valence-electron chi connectivity index (χ2n) is 14.6. The normalized spacial score (nSPS) is 28.3. The Bertz CT molecular complexity index is 1380. The van der Waals surface area contributed by atoms with E-state index in [0.29, 0.717) is 17.5 Å². The van der Waals surface area contributed by atoms with Crippen LogP contribution in [-0.4, -0.2) is 96.3 Å². The molecule has 0 bridgehead atoms. The molecule has 2 aromatic carbocycles. The first-order valence-corrected chi connectivity index (χ1v) is 16.8. The summed E-state index contributed by atoms with van der Waals surface area (Å²) in [7, 11) is 4.10. The number of likely N-dealkylation sites (tertiary alicyclic amines) is 1. The quantitative estimate of drug-likeness (QED) is 0.288. The van der Waals surface area contributed by atoms with E-state index in [1.54, 1.807) is 5.06 Å². The molecule has 6 atom stereocenters. The molecule has 10 nitrogen and oxygen atoms in total. The molecule has 250 valence electrons. The minimum atomic E-state index is -0.769. The number of hydrogen-bond donors (Lipinski definition) is 2. The molecule has 1 aliphatic carbocycles. The van der Waals surface area contributed by atoms with E-state index in [1.807, 2.05) is 53.4 Å². The number of carbonyl (C=O) groups is 2. The average Bonchev–Trinajstić information content (AvgIpc) is 3.63. The minimum Gasteiger partial charge on any atom is -0.394 e. The van der Waals surface area contributed by atoms with Crippen molar-refractivity contribution in [1.29, 1.82) is 0 Å². The van der Waals surface area contributed by atoms with Gasteiger partial charge in [-0.2, -0.15) is 9.97 Å². The second-order valence-corrected chi connectivity index (χ2v) is 14.6. The zero-order valence-corrected chi connectivity index (χ0v) is 28.0. The van der Waals surface area contributed by atoms with E-state index in [-0.39, 0.29) is 43.0 Å². The molecule has 5 unspecified atom stereocenters. The topological polar surface area (TPSA) is 115 Å². The number of hydrogen-bond acceptors (Lipinski definition) is 8. The van der Waals surface area contributed by atoms with Crippen LogP contribution in [0.1, 0.15) is 68.8 Å². The van der Waals surface area contributed by atoms with E-state index >= 15 is 0 Å². The minimum absolute atomic E-state index is 0.0294. The molecule has 0 spiro atoms. The smallest absolute Gasteiger partial charge is 0.253 e. The maximum absolute atomic E-state index is 13.9. The van der Waals surface area contributed by atoms with Crippen molar-refractivity contribution in [1.82, 2.24) is 20.2 Å². The Morgan fingerprint density at radius 3 is 2.54 bits per heavy atom. The van der Waals surface area contributed by atoms with Gasteiger partial charge in [-0.05, 0) is 86.0 Å². The number of carbonyl (C=O) groups excluding carboxylic acids is 2. The molecule has 46 heavy (non-hydrogen) atoms. The number of nitrogens with one attached hydrogen (secondary N) is 1. The highest BCUT2D eigenvalue weighted by Crippen LogP contribution is 2.38. The number of nitroso groups, excluding NO2 is 1. The van der Waals surface area contributed by atoms with E-state index < -0.39 is 18.1 Å². The summed E-state index contributed by atoms with van der Waals surface area (Å²) in [6, 6.07) is 15.3. The van der Waals surface area contributed by atoms with Gasteiger partial charge in [-0.25, -0.2) is 0 Å². The van der Waals surface area contributed by atoms with Crippen LogP contribution in [0.5, 0.6) is 0 Å². The van der Waals surface area contributed by atoms with E-state index in [2.05, 4.69) is 50.3 Å². The Kier molecular flexibility index (Phi) is 10.9. The van der Waals surface area contributed by atoms with Gasteiger partial charge in [0.1, 0.15) is 12.1 Å². The maximum atomic E-state index is 13.9. The van der Waals surface area contributed by atoms with E-state index in [9.17, 15) is 19.6 Å². The lowest BCUT2D eigenvalue weighted by atomic mass is 9.81. The van der Waals surface area contributed by atoms with Gasteiger partial charge in [0, 0.05) is 36.7 Å². The number of aliphatic hydroxyl groups excluding tert-OH is 1. The van der Waals surface area contributed by atoms with Crippen molar-refractivity contribution >= 4 is 11.8 Å². The van der Waals surface area contributed by atoms with Crippen molar-refractivity contribution in [2.45, 2.75) is 83.6 Å². The molecule has 2 N–H and O–H groups in total. The molecule has 3 aliphatic rings. The second kappa shape index (κ2) is 14.7. The Balaban J connectivity index is 1.33. The molecular formula is C36H51N5O5. The summed E-state index contributed by atoms with van der Waals surface area (Å²) in [4.78, 5) is 49.0. The van der Waals surface area contributed by atoms with Crippen molar-refractivity contribution < 1.29 is 19.5 Å². The van der Waals surface area contributed by atoms with Gasteiger partial charge in [0.15, 0.2) is 0 Å². The molecule has 2 amide bonds. The lowest BCUT2D eigenvalue weighted by Gasteiger charge is -2.30. The summed E-state index contributed by atoms with van der Waals surface area (Å²) >= 11 is 0. The van der Waals surface area contributed by atoms with Crippen LogP contribution < -0.4 is 5.32 Å². The van der Waals surface area contributed by atoms with E-state index in [1.165, 1.54) is 0 Å². The fourth-order valence-corrected chi connectivity index (χ4v) is 7.74. The summed E-state index contributed by atoms with van der Waals surface area (Å²) in [5, 5.41) is 18.2. The van der Waals surface area contributed by atoms with E-state index in [4.69, 9.17) is 4.84 Å². The van der Waals surface area contributed by atoms with Crippen LogP contribution in [0.15, 0.2) is 53.7 Å². The Morgan fingerprint density at radius 2 is 1.85 bits per heavy atom. The summed E-state index contributed by atoms with van der Waals surface area (Å²) < 4.78 is 0. The Labute approximate surface area is 273 Å². The van der Waals surface area contributed by atoms with Crippen LogP contribution in [0.4, 0.5) is 0 Å². The van der Waals surface area contributed by atoms with Crippen LogP contribution in [0.2, 0.25) is 0 Å². The predicted octanol–water partition coefficient (Wildman–Crippen LogP) is 4.71. The lowest BCUT2D eigenvalue weighted by Crippen LogP contribution is -2.51. The first-order valence-electron chi connectivity index (χ1n) is 16.8. The highest BCUT2D eigenvalue weighted by atomic mass is 16.7. The van der Waals surface area contributed by atoms with Crippen LogP contribution in [-0.2, 0) is 16.2 Å². The molecule has 2 aromatic rings. The van der Waals surface area contributed by atoms with Crippen molar-refractivity contribution in [2.24, 2.45) is 22.4 Å². The predicted molar refractivity (Wildman–Crippen MR) is 179 cm³/mol. The third-order valence-electron chi connectivity index (χ3n) is 10.3. The zero-order chi connectivity index (χ0) is 33.0. The molecule has 0 radical (unpaired) electrons. The highest BCUT2D eigenvalue weighted by Gasteiger charge is 2.48. The lowest BCUT2D eigenvalue weighted by molar-refractivity contribution is -0.181. The first kappa shape index (κ1) is 34.2. The number of benzene rings is 2. The Morgan fingerprint density at radius 1 is 1.11 bits per heavy atom. The zero-order valence-electron chi connectivity index (χ0n) is 28.0. The van der Waals surface area contributed by atoms with Gasteiger partial charge in [-0.1, -0.05) is 62.7 Å². The molecular weight excluding hydrogens is 582 g/mol. The van der Waals surface area contributed by atoms with Crippen LogP contribution >= 0.6 is 0 Å². The summed E-state index contributed by atoms with van der Waals surface area (Å²) in [5.41, 5.74) is 3.66. The molecule has 5 rings (SSSR count). The molecule has 2 aliphatic heterocycles. The van der Waals surface area contributed by atoms with Gasteiger partial charge in [-0.15, -0.1) is 0 Å². The summed E-state index contributed by atoms with van der Waals surface area (Å²) in [6.45, 7) is 8.08. The van der Waals surface area contributed by atoms with Crippen molar-refractivity contribution in [3.63, 3.8) is 0 Å². The summed E-state index contributed by atoms with van der Waals surface area (Å²) in [5.74, 6) is -0.406. The number of hydroxylamine groups is 2. The Hall–Kier alpha value is -3.18. The van der Waals surface area contributed by atoms with Crippen molar-refractivity contribution in [3.05, 3.63) is 64.6 Å². The molecule has 2 saturated heterocycles. The number of likely N-dealkylation sites (N-methyl/N-ethyl adjacent to an activating group) is 1. The van der Waals surface area contributed by atoms with Crippen molar-refractivity contribution in [2.75, 3.05) is 40.3 Å². The first-order chi connectivity index (χ1) is 22.0. The SMILES string of the molecule is CC1CC(C)(C)CCC[C@@H]1NC(=O)C1C(CN=O)C(CO)ON1Cc1cccc(-c2cccc(C(=O)N3CCC(N(C)C)C3)c2)c1. The van der Waals surface area contributed by atoms with Crippen LogP contribution in [0, 0.1) is 22.2 Å². The monoisotopic (exact) mass is 633 g/mol. The van der Waals surface area contributed by atoms with Gasteiger partial charge >= 0.3 is 0 Å². The molecule has 10 heteroatoms. The number of aliphatic hydroxyl groups is 1.